The lowest BCUT2D eigenvalue weighted by Crippen LogP contribution is -2.00. The van der Waals surface area contributed by atoms with Crippen LogP contribution in [0.2, 0.25) is 0 Å². The summed E-state index contributed by atoms with van der Waals surface area (Å²) in [5.74, 6) is 1.30. The summed E-state index contributed by atoms with van der Waals surface area (Å²) >= 11 is 7.65. The maximum atomic E-state index is 5.83. The number of alkyl halides is 1. The van der Waals surface area contributed by atoms with Gasteiger partial charge in [-0.25, -0.2) is 0 Å². The summed E-state index contributed by atoms with van der Waals surface area (Å²) in [4.78, 5) is 0. The molecular weight excluding hydrogens is 212 g/mol. The largest absolute Gasteiger partial charge is 0.144 e. The Bertz CT molecular complexity index is 419. The van der Waals surface area contributed by atoms with Gasteiger partial charge in [-0.15, -0.1) is 22.9 Å². The van der Waals surface area contributed by atoms with Gasteiger partial charge in [-0.05, 0) is 34.7 Å². The van der Waals surface area contributed by atoms with Gasteiger partial charge < -0.3 is 0 Å². The Labute approximate surface area is 93.5 Å². The highest BCUT2D eigenvalue weighted by atomic mass is 35.5. The average molecular weight is 225 g/mol. The predicted molar refractivity (Wildman–Crippen MR) is 65.4 cm³/mol. The molecule has 2 heteroatoms. The highest BCUT2D eigenvalue weighted by Gasteiger charge is 2.06. The fraction of sp³-hybridized carbons (Fsp3) is 0.333. The number of halogens is 1. The van der Waals surface area contributed by atoms with E-state index in [1.165, 1.54) is 15.6 Å². The third-order valence-corrected chi connectivity index (χ3v) is 3.92. The molecule has 2 rings (SSSR count). The van der Waals surface area contributed by atoms with Crippen molar-refractivity contribution in [1.29, 1.82) is 0 Å². The van der Waals surface area contributed by atoms with Gasteiger partial charge in [0.25, 0.3) is 0 Å². The van der Waals surface area contributed by atoms with Crippen LogP contribution >= 0.6 is 22.9 Å². The first-order valence-electron chi connectivity index (χ1n) is 4.82. The molecule has 0 saturated heterocycles. The number of hydrogen-bond donors (Lipinski definition) is 0. The van der Waals surface area contributed by atoms with Crippen molar-refractivity contribution in [3.05, 3.63) is 35.2 Å². The standard InChI is InChI=1S/C12H13ClS/c1-9(8-13)7-11-4-2-3-10-5-6-14-12(10)11/h2-6,9H,7-8H2,1H3. The summed E-state index contributed by atoms with van der Waals surface area (Å²) in [6.45, 7) is 2.19. The van der Waals surface area contributed by atoms with Crippen LogP contribution in [-0.4, -0.2) is 5.88 Å². The lowest BCUT2D eigenvalue weighted by Gasteiger charge is -2.07. The van der Waals surface area contributed by atoms with E-state index in [1.807, 2.05) is 11.3 Å². The number of fused-ring (bicyclic) bond motifs is 1. The van der Waals surface area contributed by atoms with Gasteiger partial charge in [-0.2, -0.15) is 0 Å². The second-order valence-electron chi connectivity index (χ2n) is 3.72. The molecule has 0 fully saturated rings. The second kappa shape index (κ2) is 4.33. The SMILES string of the molecule is CC(CCl)Cc1cccc2ccsc12. The molecule has 1 heterocycles. The summed E-state index contributed by atoms with van der Waals surface area (Å²) in [6, 6.07) is 8.68. The zero-order valence-corrected chi connectivity index (χ0v) is 9.74. The van der Waals surface area contributed by atoms with Gasteiger partial charge >= 0.3 is 0 Å². The summed E-state index contributed by atoms with van der Waals surface area (Å²) in [7, 11) is 0. The second-order valence-corrected chi connectivity index (χ2v) is 4.94. The van der Waals surface area contributed by atoms with Crippen molar-refractivity contribution in [3.8, 4) is 0 Å². The van der Waals surface area contributed by atoms with Crippen molar-refractivity contribution in [3.63, 3.8) is 0 Å². The molecule has 0 radical (unpaired) electrons. The molecule has 0 aliphatic carbocycles. The summed E-state index contributed by atoms with van der Waals surface area (Å²) in [5, 5.41) is 3.51. The van der Waals surface area contributed by atoms with Crippen LogP contribution in [0.3, 0.4) is 0 Å². The molecule has 1 aromatic heterocycles. The van der Waals surface area contributed by atoms with Crippen LogP contribution in [0.1, 0.15) is 12.5 Å². The first-order chi connectivity index (χ1) is 6.81. The van der Waals surface area contributed by atoms with Crippen LogP contribution in [0.5, 0.6) is 0 Å². The van der Waals surface area contributed by atoms with Gasteiger partial charge in [0.15, 0.2) is 0 Å². The molecule has 0 amide bonds. The minimum atomic E-state index is 0.560. The molecule has 0 aliphatic rings. The van der Waals surface area contributed by atoms with Crippen molar-refractivity contribution in [1.82, 2.24) is 0 Å². The lowest BCUT2D eigenvalue weighted by molar-refractivity contribution is 0.658. The Kier molecular flexibility index (Phi) is 3.09. The Hall–Kier alpha value is -0.530. The third-order valence-electron chi connectivity index (χ3n) is 2.39. The minimum Gasteiger partial charge on any atom is -0.144 e. The molecule has 0 nitrogen and oxygen atoms in total. The zero-order valence-electron chi connectivity index (χ0n) is 8.16. The molecule has 74 valence electrons. The van der Waals surface area contributed by atoms with Crippen molar-refractivity contribution in [2.75, 3.05) is 5.88 Å². The van der Waals surface area contributed by atoms with Crippen LogP contribution in [0.25, 0.3) is 10.1 Å². The first-order valence-corrected chi connectivity index (χ1v) is 6.23. The van der Waals surface area contributed by atoms with Crippen LogP contribution in [0.15, 0.2) is 29.6 Å². The highest BCUT2D eigenvalue weighted by Crippen LogP contribution is 2.26. The van der Waals surface area contributed by atoms with E-state index < -0.39 is 0 Å². The normalized spacial score (nSPS) is 13.3. The molecule has 0 saturated carbocycles. The molecule has 0 aliphatic heterocycles. The summed E-state index contributed by atoms with van der Waals surface area (Å²) in [6.07, 6.45) is 1.08. The van der Waals surface area contributed by atoms with Gasteiger partial charge in [0, 0.05) is 10.6 Å². The number of thiophene rings is 1. The van der Waals surface area contributed by atoms with E-state index in [-0.39, 0.29) is 0 Å². The van der Waals surface area contributed by atoms with Crippen LogP contribution in [-0.2, 0) is 6.42 Å². The quantitative estimate of drug-likeness (QED) is 0.682. The molecule has 1 atom stereocenters. The Morgan fingerprint density at radius 2 is 2.21 bits per heavy atom. The van der Waals surface area contributed by atoms with E-state index in [9.17, 15) is 0 Å². The van der Waals surface area contributed by atoms with E-state index in [0.29, 0.717) is 5.92 Å². The van der Waals surface area contributed by atoms with Crippen LogP contribution in [0.4, 0.5) is 0 Å². The number of rotatable bonds is 3. The first kappa shape index (κ1) is 10.0. The molecule has 14 heavy (non-hydrogen) atoms. The topological polar surface area (TPSA) is 0 Å². The lowest BCUT2D eigenvalue weighted by atomic mass is 10.0. The maximum Gasteiger partial charge on any atom is 0.0374 e. The zero-order chi connectivity index (χ0) is 9.97. The third kappa shape index (κ3) is 1.94. The Morgan fingerprint density at radius 3 is 3.00 bits per heavy atom. The van der Waals surface area contributed by atoms with E-state index in [2.05, 4.69) is 36.6 Å². The molecule has 0 spiro atoms. The smallest absolute Gasteiger partial charge is 0.0374 e. The maximum absolute atomic E-state index is 5.83. The van der Waals surface area contributed by atoms with E-state index in [4.69, 9.17) is 11.6 Å². The molecular formula is C12H13ClS. The van der Waals surface area contributed by atoms with Crippen LogP contribution < -0.4 is 0 Å². The van der Waals surface area contributed by atoms with E-state index >= 15 is 0 Å². The molecule has 0 N–H and O–H groups in total. The van der Waals surface area contributed by atoms with Gasteiger partial charge in [0.2, 0.25) is 0 Å². The van der Waals surface area contributed by atoms with Crippen molar-refractivity contribution < 1.29 is 0 Å². The number of hydrogen-bond acceptors (Lipinski definition) is 1. The average Bonchev–Trinajstić information content (AvgIpc) is 2.66. The number of benzene rings is 1. The molecule has 1 aromatic carbocycles. The van der Waals surface area contributed by atoms with E-state index in [1.54, 1.807) is 0 Å². The Balaban J connectivity index is 2.36. The van der Waals surface area contributed by atoms with Gasteiger partial charge in [-0.1, -0.05) is 25.1 Å². The van der Waals surface area contributed by atoms with Gasteiger partial charge in [-0.3, -0.25) is 0 Å². The fourth-order valence-corrected chi connectivity index (χ4v) is 2.68. The predicted octanol–water partition coefficient (Wildman–Crippen LogP) is 4.32. The summed E-state index contributed by atoms with van der Waals surface area (Å²) in [5.41, 5.74) is 1.44. The summed E-state index contributed by atoms with van der Waals surface area (Å²) < 4.78 is 1.42. The fourth-order valence-electron chi connectivity index (χ4n) is 1.65. The van der Waals surface area contributed by atoms with E-state index in [0.717, 1.165) is 12.3 Å². The monoisotopic (exact) mass is 224 g/mol. The highest BCUT2D eigenvalue weighted by molar-refractivity contribution is 7.17. The Morgan fingerprint density at radius 1 is 1.36 bits per heavy atom. The van der Waals surface area contributed by atoms with Gasteiger partial charge in [0.05, 0.1) is 0 Å². The van der Waals surface area contributed by atoms with Crippen molar-refractivity contribution in [2.45, 2.75) is 13.3 Å². The van der Waals surface area contributed by atoms with Crippen molar-refractivity contribution >= 4 is 33.0 Å². The van der Waals surface area contributed by atoms with Crippen molar-refractivity contribution in [2.24, 2.45) is 5.92 Å². The molecule has 0 bridgehead atoms. The van der Waals surface area contributed by atoms with Crippen LogP contribution in [0, 0.1) is 5.92 Å². The minimum absolute atomic E-state index is 0.560. The molecule has 1 unspecified atom stereocenters. The molecule has 2 aromatic rings. The van der Waals surface area contributed by atoms with Gasteiger partial charge in [0.1, 0.15) is 0 Å².